The number of terminal acetylenes is 2. The van der Waals surface area contributed by atoms with Crippen LogP contribution in [-0.2, 0) is 4.79 Å². The zero-order valence-corrected chi connectivity index (χ0v) is 7.49. The first-order valence-electron chi connectivity index (χ1n) is 4.19. The average Bonchev–Trinajstić information content (AvgIpc) is 2.18. The largest absolute Gasteiger partial charge is 0.329 e. The minimum absolute atomic E-state index is 0.222. The van der Waals surface area contributed by atoms with Crippen LogP contribution in [0.15, 0.2) is 0 Å². The van der Waals surface area contributed by atoms with Crippen LogP contribution < -0.4 is 0 Å². The summed E-state index contributed by atoms with van der Waals surface area (Å²) in [7, 11) is 0. The van der Waals surface area contributed by atoms with Crippen LogP contribution in [0, 0.1) is 24.7 Å². The fourth-order valence-corrected chi connectivity index (χ4v) is 1.33. The van der Waals surface area contributed by atoms with Crippen molar-refractivity contribution in [2.75, 3.05) is 32.7 Å². The summed E-state index contributed by atoms with van der Waals surface area (Å²) in [4.78, 5) is 14.9. The van der Waals surface area contributed by atoms with E-state index in [-0.39, 0.29) is 5.91 Å². The molecule has 0 saturated carbocycles. The van der Waals surface area contributed by atoms with Crippen molar-refractivity contribution in [3.8, 4) is 24.7 Å². The molecule has 0 aliphatic carbocycles. The van der Waals surface area contributed by atoms with Crippen LogP contribution >= 0.6 is 0 Å². The van der Waals surface area contributed by atoms with Gasteiger partial charge in [-0.05, 0) is 5.92 Å². The van der Waals surface area contributed by atoms with E-state index in [9.17, 15) is 4.79 Å². The lowest BCUT2D eigenvalue weighted by atomic mass is 10.3. The number of piperazine rings is 1. The first kappa shape index (κ1) is 9.64. The Balaban J connectivity index is 2.36. The number of amides is 1. The van der Waals surface area contributed by atoms with Crippen molar-refractivity contribution in [3.05, 3.63) is 0 Å². The van der Waals surface area contributed by atoms with Crippen LogP contribution in [0.25, 0.3) is 0 Å². The minimum Gasteiger partial charge on any atom is -0.329 e. The lowest BCUT2D eigenvalue weighted by Gasteiger charge is -2.32. The van der Waals surface area contributed by atoms with Crippen molar-refractivity contribution < 1.29 is 4.79 Å². The van der Waals surface area contributed by atoms with Crippen molar-refractivity contribution in [3.63, 3.8) is 0 Å². The molecular weight excluding hydrogens is 164 g/mol. The second-order valence-electron chi connectivity index (χ2n) is 2.92. The van der Waals surface area contributed by atoms with Crippen molar-refractivity contribution in [1.29, 1.82) is 0 Å². The SMILES string of the molecule is C#CCN1CCN(C(=O)C#C)CC1. The maximum absolute atomic E-state index is 11.1. The zero-order chi connectivity index (χ0) is 9.68. The van der Waals surface area contributed by atoms with Gasteiger partial charge in [0.1, 0.15) is 0 Å². The van der Waals surface area contributed by atoms with E-state index in [2.05, 4.69) is 16.7 Å². The molecule has 1 heterocycles. The molecule has 13 heavy (non-hydrogen) atoms. The van der Waals surface area contributed by atoms with E-state index in [1.54, 1.807) is 4.90 Å². The number of hydrogen-bond acceptors (Lipinski definition) is 2. The van der Waals surface area contributed by atoms with Gasteiger partial charge in [-0.1, -0.05) is 5.92 Å². The molecule has 3 nitrogen and oxygen atoms in total. The van der Waals surface area contributed by atoms with Gasteiger partial charge >= 0.3 is 0 Å². The summed E-state index contributed by atoms with van der Waals surface area (Å²) in [5, 5.41) is 0. The summed E-state index contributed by atoms with van der Waals surface area (Å²) in [6, 6.07) is 0. The molecule has 0 radical (unpaired) electrons. The Bertz CT molecular complexity index is 264. The highest BCUT2D eigenvalue weighted by atomic mass is 16.2. The second-order valence-corrected chi connectivity index (χ2v) is 2.92. The van der Waals surface area contributed by atoms with Crippen LogP contribution in [0.3, 0.4) is 0 Å². The van der Waals surface area contributed by atoms with Gasteiger partial charge in [0.05, 0.1) is 6.54 Å². The Morgan fingerprint density at radius 2 is 1.85 bits per heavy atom. The third-order valence-corrected chi connectivity index (χ3v) is 2.10. The van der Waals surface area contributed by atoms with Crippen LogP contribution in [0.5, 0.6) is 0 Å². The van der Waals surface area contributed by atoms with Gasteiger partial charge in [0.25, 0.3) is 5.91 Å². The normalized spacial score (nSPS) is 17.5. The van der Waals surface area contributed by atoms with E-state index in [0.717, 1.165) is 13.1 Å². The van der Waals surface area contributed by atoms with Gasteiger partial charge in [-0.25, -0.2) is 0 Å². The predicted octanol–water partition coefficient (Wildman–Crippen LogP) is -0.603. The monoisotopic (exact) mass is 176 g/mol. The molecule has 1 rings (SSSR count). The highest BCUT2D eigenvalue weighted by Gasteiger charge is 2.18. The minimum atomic E-state index is -0.222. The lowest BCUT2D eigenvalue weighted by Crippen LogP contribution is -2.48. The number of rotatable bonds is 1. The third kappa shape index (κ3) is 2.50. The number of hydrogen-bond donors (Lipinski definition) is 0. The summed E-state index contributed by atoms with van der Waals surface area (Å²) in [6.45, 7) is 3.66. The molecule has 0 unspecified atom stereocenters. The third-order valence-electron chi connectivity index (χ3n) is 2.10. The molecule has 0 aromatic carbocycles. The quantitative estimate of drug-likeness (QED) is 0.498. The molecule has 1 aliphatic rings. The van der Waals surface area contributed by atoms with Gasteiger partial charge in [0, 0.05) is 26.2 Å². The average molecular weight is 176 g/mol. The smallest absolute Gasteiger partial charge is 0.298 e. The summed E-state index contributed by atoms with van der Waals surface area (Å²) < 4.78 is 0. The molecule has 0 bridgehead atoms. The molecule has 0 aromatic rings. The summed E-state index contributed by atoms with van der Waals surface area (Å²) in [5.74, 6) is 4.47. The first-order chi connectivity index (χ1) is 6.27. The Morgan fingerprint density at radius 3 is 2.31 bits per heavy atom. The standard InChI is InChI=1S/C10H12N2O/c1-3-5-11-6-8-12(9-7-11)10(13)4-2/h1-2H,5-9H2. The van der Waals surface area contributed by atoms with E-state index < -0.39 is 0 Å². The first-order valence-corrected chi connectivity index (χ1v) is 4.19. The van der Waals surface area contributed by atoms with Gasteiger partial charge in [-0.15, -0.1) is 12.8 Å². The van der Waals surface area contributed by atoms with E-state index in [0.29, 0.717) is 19.6 Å². The molecule has 1 amide bonds. The van der Waals surface area contributed by atoms with Gasteiger partial charge in [0.2, 0.25) is 0 Å². The summed E-state index contributed by atoms with van der Waals surface area (Å²) in [6.07, 6.45) is 10.2. The van der Waals surface area contributed by atoms with E-state index in [4.69, 9.17) is 12.8 Å². The lowest BCUT2D eigenvalue weighted by molar-refractivity contribution is -0.126. The number of carbonyl (C=O) groups is 1. The zero-order valence-electron chi connectivity index (χ0n) is 7.49. The second kappa shape index (κ2) is 4.54. The van der Waals surface area contributed by atoms with Crippen LogP contribution in [0.2, 0.25) is 0 Å². The van der Waals surface area contributed by atoms with E-state index in [1.165, 1.54) is 0 Å². The van der Waals surface area contributed by atoms with Crippen LogP contribution in [0.4, 0.5) is 0 Å². The maximum atomic E-state index is 11.1. The van der Waals surface area contributed by atoms with Crippen LogP contribution in [0.1, 0.15) is 0 Å². The number of carbonyl (C=O) groups excluding carboxylic acids is 1. The highest BCUT2D eigenvalue weighted by Crippen LogP contribution is 2.00. The molecule has 68 valence electrons. The fraction of sp³-hybridized carbons (Fsp3) is 0.500. The Labute approximate surface area is 78.7 Å². The van der Waals surface area contributed by atoms with Gasteiger partial charge in [-0.3, -0.25) is 9.69 Å². The Kier molecular flexibility index (Phi) is 3.37. The molecule has 3 heteroatoms. The van der Waals surface area contributed by atoms with E-state index >= 15 is 0 Å². The van der Waals surface area contributed by atoms with Crippen molar-refractivity contribution in [2.45, 2.75) is 0 Å². The van der Waals surface area contributed by atoms with Crippen molar-refractivity contribution in [1.82, 2.24) is 9.80 Å². The molecule has 1 fully saturated rings. The maximum Gasteiger partial charge on any atom is 0.298 e. The van der Waals surface area contributed by atoms with Crippen molar-refractivity contribution >= 4 is 5.91 Å². The molecular formula is C10H12N2O. The van der Waals surface area contributed by atoms with Gasteiger partial charge in [-0.2, -0.15) is 0 Å². The van der Waals surface area contributed by atoms with Gasteiger partial charge in [0.15, 0.2) is 0 Å². The molecule has 0 N–H and O–H groups in total. The van der Waals surface area contributed by atoms with E-state index in [1.807, 2.05) is 0 Å². The molecule has 1 saturated heterocycles. The van der Waals surface area contributed by atoms with Crippen molar-refractivity contribution in [2.24, 2.45) is 0 Å². The summed E-state index contributed by atoms with van der Waals surface area (Å²) in [5.41, 5.74) is 0. The molecule has 1 aliphatic heterocycles. The number of nitrogens with zero attached hydrogens (tertiary/aromatic N) is 2. The molecule has 0 atom stereocenters. The van der Waals surface area contributed by atoms with Crippen LogP contribution in [-0.4, -0.2) is 48.4 Å². The predicted molar refractivity (Wildman–Crippen MR) is 50.7 cm³/mol. The Hall–Kier alpha value is -1.45. The molecule has 0 aromatic heterocycles. The topological polar surface area (TPSA) is 23.6 Å². The van der Waals surface area contributed by atoms with Gasteiger partial charge < -0.3 is 4.90 Å². The summed E-state index contributed by atoms with van der Waals surface area (Å²) >= 11 is 0. The molecule has 0 spiro atoms. The highest BCUT2D eigenvalue weighted by molar-refractivity contribution is 5.92. The Morgan fingerprint density at radius 1 is 1.23 bits per heavy atom. The fourth-order valence-electron chi connectivity index (χ4n) is 1.33.